The number of rotatable bonds is 7. The SMILES string of the molecule is Cc1cnc(C2CCc3c2cc2c(c3NC(=O)NS(=O)(=O)c3ccncn3)CCC2)nc1S(=O)(=O)NC(=O)Nc1c2c(cc3c1CCC3)CCC2. The minimum Gasteiger partial charge on any atom is -0.307 e. The Morgan fingerprint density at radius 2 is 1.31 bits per heavy atom. The van der Waals surface area contributed by atoms with E-state index in [2.05, 4.69) is 47.4 Å². The number of benzene rings is 2. The molecule has 4 amide bonds. The van der Waals surface area contributed by atoms with Gasteiger partial charge in [-0.25, -0.2) is 39.0 Å². The Morgan fingerprint density at radius 1 is 0.725 bits per heavy atom. The van der Waals surface area contributed by atoms with Gasteiger partial charge in [0.1, 0.15) is 12.2 Å². The van der Waals surface area contributed by atoms with Gasteiger partial charge in [-0.2, -0.15) is 16.8 Å². The number of anilines is 2. The first-order valence-corrected chi connectivity index (χ1v) is 20.1. The Balaban J connectivity index is 1.05. The van der Waals surface area contributed by atoms with Crippen molar-refractivity contribution in [1.29, 1.82) is 0 Å². The molecule has 4 aromatic rings. The third-order valence-electron chi connectivity index (χ3n) is 10.3. The number of hydrogen-bond acceptors (Lipinski definition) is 10. The van der Waals surface area contributed by atoms with Crippen LogP contribution >= 0.6 is 0 Å². The molecule has 0 radical (unpaired) electrons. The quantitative estimate of drug-likeness (QED) is 0.200. The zero-order valence-electron chi connectivity index (χ0n) is 27.9. The maximum absolute atomic E-state index is 13.7. The summed E-state index contributed by atoms with van der Waals surface area (Å²) in [6.07, 6.45) is 12.8. The zero-order valence-corrected chi connectivity index (χ0v) is 29.5. The van der Waals surface area contributed by atoms with Gasteiger partial charge in [0.15, 0.2) is 10.1 Å². The standard InChI is InChI=1S/C35H36N8O6S2/c1-19-17-37-32(41-33(19)51(48,49)43-35(45)39-30-23-8-2-5-20(23)15-21-6-3-9-24(21)30)27-12-11-26-28(27)16-22-7-4-10-25(22)31(26)40-34(44)42-50(46,47)29-13-14-36-18-38-29/h13-18,27H,2-12H2,1H3,(H2,39,43,45)(H2,40,42,44). The van der Waals surface area contributed by atoms with Crippen molar-refractivity contribution in [2.75, 3.05) is 10.6 Å². The van der Waals surface area contributed by atoms with Gasteiger partial charge in [-0.3, -0.25) is 0 Å². The predicted molar refractivity (Wildman–Crippen MR) is 187 cm³/mol. The maximum Gasteiger partial charge on any atom is 0.333 e. The highest BCUT2D eigenvalue weighted by molar-refractivity contribution is 7.90. The van der Waals surface area contributed by atoms with Crippen LogP contribution in [0.15, 0.2) is 47.0 Å². The molecule has 8 rings (SSSR count). The molecule has 1 atom stereocenters. The summed E-state index contributed by atoms with van der Waals surface area (Å²) < 4.78 is 57.2. The molecule has 4 N–H and O–H groups in total. The number of nitrogens with zero attached hydrogens (tertiary/aromatic N) is 4. The Labute approximate surface area is 295 Å². The number of amides is 4. The summed E-state index contributed by atoms with van der Waals surface area (Å²) in [5.41, 5.74) is 9.84. The van der Waals surface area contributed by atoms with Crippen molar-refractivity contribution in [3.05, 3.63) is 92.8 Å². The summed E-state index contributed by atoms with van der Waals surface area (Å²) in [7, 11) is -8.63. The van der Waals surface area contributed by atoms with Gasteiger partial charge < -0.3 is 10.6 Å². The lowest BCUT2D eigenvalue weighted by Crippen LogP contribution is -2.36. The predicted octanol–water partition coefficient (Wildman–Crippen LogP) is 4.14. The monoisotopic (exact) mass is 728 g/mol. The number of nitrogens with one attached hydrogen (secondary N) is 4. The van der Waals surface area contributed by atoms with Crippen LogP contribution in [0.2, 0.25) is 0 Å². The Bertz CT molecular complexity index is 2320. The highest BCUT2D eigenvalue weighted by atomic mass is 32.2. The number of urea groups is 2. The van der Waals surface area contributed by atoms with Gasteiger partial charge in [0, 0.05) is 35.2 Å². The van der Waals surface area contributed by atoms with Crippen LogP contribution in [0.25, 0.3) is 0 Å². The van der Waals surface area contributed by atoms with Crippen molar-refractivity contribution >= 4 is 43.5 Å². The van der Waals surface area contributed by atoms with Crippen LogP contribution in [0.4, 0.5) is 21.0 Å². The zero-order chi connectivity index (χ0) is 35.5. The smallest absolute Gasteiger partial charge is 0.307 e. The lowest BCUT2D eigenvalue weighted by atomic mass is 9.94. The summed E-state index contributed by atoms with van der Waals surface area (Å²) in [4.78, 5) is 42.9. The highest BCUT2D eigenvalue weighted by Crippen LogP contribution is 2.45. The van der Waals surface area contributed by atoms with Crippen molar-refractivity contribution in [2.24, 2.45) is 0 Å². The molecule has 0 spiro atoms. The molecule has 0 saturated heterocycles. The average Bonchev–Trinajstić information content (AvgIpc) is 3.92. The van der Waals surface area contributed by atoms with E-state index in [1.165, 1.54) is 29.6 Å². The molecule has 14 nitrogen and oxygen atoms in total. The van der Waals surface area contributed by atoms with Gasteiger partial charge in [0.05, 0.1) is 0 Å². The van der Waals surface area contributed by atoms with Gasteiger partial charge in [-0.05, 0) is 128 Å². The molecule has 4 aliphatic rings. The van der Waals surface area contributed by atoms with Gasteiger partial charge in [-0.1, -0.05) is 12.1 Å². The topological polar surface area (TPSA) is 202 Å². The third kappa shape index (κ3) is 6.09. The number of aromatic nitrogens is 4. The van der Waals surface area contributed by atoms with Crippen LogP contribution in [0.1, 0.15) is 87.5 Å². The number of carbonyl (C=O) groups excluding carboxylic acids is 2. The van der Waals surface area contributed by atoms with Crippen LogP contribution in [0.3, 0.4) is 0 Å². The van der Waals surface area contributed by atoms with Gasteiger partial charge in [0.2, 0.25) is 0 Å². The van der Waals surface area contributed by atoms with Gasteiger partial charge in [0.25, 0.3) is 20.0 Å². The minimum atomic E-state index is -4.39. The number of hydrogen-bond donors (Lipinski definition) is 4. The fourth-order valence-electron chi connectivity index (χ4n) is 8.16. The second-order valence-electron chi connectivity index (χ2n) is 13.5. The second kappa shape index (κ2) is 12.7. The molecule has 2 aromatic carbocycles. The first kappa shape index (κ1) is 33.2. The van der Waals surface area contributed by atoms with Crippen LogP contribution in [-0.2, 0) is 65.0 Å². The summed E-state index contributed by atoms with van der Waals surface area (Å²) in [5.74, 6) is -0.115. The molecule has 0 saturated carbocycles. The summed E-state index contributed by atoms with van der Waals surface area (Å²) >= 11 is 0. The van der Waals surface area contributed by atoms with Crippen LogP contribution in [0.5, 0.6) is 0 Å². The van der Waals surface area contributed by atoms with Crippen molar-refractivity contribution in [3.63, 3.8) is 0 Å². The van der Waals surface area contributed by atoms with Gasteiger partial charge >= 0.3 is 12.1 Å². The van der Waals surface area contributed by atoms with E-state index in [-0.39, 0.29) is 21.4 Å². The molecule has 264 valence electrons. The summed E-state index contributed by atoms with van der Waals surface area (Å²) in [6.45, 7) is 1.58. The van der Waals surface area contributed by atoms with E-state index in [4.69, 9.17) is 0 Å². The molecule has 16 heteroatoms. The Morgan fingerprint density at radius 3 is 1.92 bits per heavy atom. The van der Waals surface area contributed by atoms with E-state index in [9.17, 15) is 26.4 Å². The molecule has 0 aliphatic heterocycles. The molecular formula is C35H36N8O6S2. The molecule has 0 bridgehead atoms. The molecule has 4 aliphatic carbocycles. The Hall–Kier alpha value is -4.96. The average molecular weight is 729 g/mol. The molecule has 51 heavy (non-hydrogen) atoms. The van der Waals surface area contributed by atoms with Crippen molar-refractivity contribution < 1.29 is 26.4 Å². The first-order chi connectivity index (χ1) is 24.5. The third-order valence-corrected chi connectivity index (χ3v) is 13.0. The van der Waals surface area contributed by atoms with Gasteiger partial charge in [-0.15, -0.1) is 0 Å². The van der Waals surface area contributed by atoms with E-state index in [0.29, 0.717) is 24.9 Å². The normalized spacial score (nSPS) is 17.3. The number of sulfonamides is 2. The van der Waals surface area contributed by atoms with Crippen LogP contribution in [-0.4, -0.2) is 48.8 Å². The van der Waals surface area contributed by atoms with Crippen molar-refractivity contribution in [1.82, 2.24) is 29.4 Å². The first-order valence-electron chi connectivity index (χ1n) is 17.1. The largest absolute Gasteiger partial charge is 0.333 e. The van der Waals surface area contributed by atoms with E-state index in [1.54, 1.807) is 6.92 Å². The fourth-order valence-corrected chi connectivity index (χ4v) is 10.1. The Kier molecular flexibility index (Phi) is 8.25. The van der Waals surface area contributed by atoms with E-state index in [1.807, 2.05) is 4.72 Å². The molecule has 2 aromatic heterocycles. The summed E-state index contributed by atoms with van der Waals surface area (Å²) in [5, 5.41) is 5.06. The number of fused-ring (bicyclic) bond motifs is 4. The van der Waals surface area contributed by atoms with Crippen LogP contribution in [0, 0.1) is 6.92 Å². The highest BCUT2D eigenvalue weighted by Gasteiger charge is 2.35. The molecule has 0 fully saturated rings. The lowest BCUT2D eigenvalue weighted by molar-refractivity contribution is 0.255. The van der Waals surface area contributed by atoms with E-state index >= 15 is 0 Å². The fraction of sp³-hybridized carbons (Fsp3) is 0.371. The van der Waals surface area contributed by atoms with E-state index < -0.39 is 38.0 Å². The van der Waals surface area contributed by atoms with Crippen molar-refractivity contribution in [2.45, 2.75) is 93.5 Å². The molecule has 2 heterocycles. The summed E-state index contributed by atoms with van der Waals surface area (Å²) in [6, 6.07) is 3.74. The molecular weight excluding hydrogens is 693 g/mol. The lowest BCUT2D eigenvalue weighted by Gasteiger charge is -2.19. The minimum absolute atomic E-state index is 0.276. The van der Waals surface area contributed by atoms with Crippen molar-refractivity contribution in [3.8, 4) is 0 Å². The second-order valence-corrected chi connectivity index (χ2v) is 16.7. The number of carbonyl (C=O) groups is 2. The maximum atomic E-state index is 13.7. The van der Waals surface area contributed by atoms with E-state index in [0.717, 1.165) is 96.8 Å². The van der Waals surface area contributed by atoms with Crippen LogP contribution < -0.4 is 20.1 Å². The number of aryl methyl sites for hydroxylation is 4. The molecule has 1 unspecified atom stereocenters.